The van der Waals surface area contributed by atoms with Gasteiger partial charge >= 0.3 is 0 Å². The lowest BCUT2D eigenvalue weighted by atomic mass is 10.2. The molecule has 0 heterocycles. The van der Waals surface area contributed by atoms with Crippen molar-refractivity contribution in [3.63, 3.8) is 0 Å². The number of rotatable bonds is 4. The molecular formula is C16H15BrClNO3. The van der Waals surface area contributed by atoms with Crippen molar-refractivity contribution in [2.45, 2.75) is 13.8 Å². The van der Waals surface area contributed by atoms with Crippen LogP contribution in [0.4, 0.5) is 5.69 Å². The van der Waals surface area contributed by atoms with E-state index >= 15 is 0 Å². The number of halogens is 2. The van der Waals surface area contributed by atoms with Crippen molar-refractivity contribution in [1.82, 2.24) is 0 Å². The highest BCUT2D eigenvalue weighted by Gasteiger charge is 2.11. The average Bonchev–Trinajstić information content (AvgIpc) is 2.40. The number of aromatic hydroxyl groups is 1. The van der Waals surface area contributed by atoms with E-state index in [2.05, 4.69) is 21.2 Å². The molecule has 0 saturated heterocycles. The molecule has 0 bridgehead atoms. The Morgan fingerprint density at radius 1 is 1.32 bits per heavy atom. The Balaban J connectivity index is 2.02. The monoisotopic (exact) mass is 383 g/mol. The van der Waals surface area contributed by atoms with Gasteiger partial charge in [0.25, 0.3) is 5.91 Å². The van der Waals surface area contributed by atoms with Crippen LogP contribution in [0.5, 0.6) is 11.5 Å². The minimum absolute atomic E-state index is 0.0196. The highest BCUT2D eigenvalue weighted by Crippen LogP contribution is 2.32. The van der Waals surface area contributed by atoms with Crippen molar-refractivity contribution < 1.29 is 14.6 Å². The fraction of sp³-hybridized carbons (Fsp3) is 0.188. The van der Waals surface area contributed by atoms with Gasteiger partial charge in [-0.05, 0) is 49.2 Å². The standard InChI is InChI=1S/C16H15BrClNO3/c1-9-3-4-13(14(20)5-9)19-15(21)8-22-16-10(2)6-11(17)7-12(16)18/h3-7,20H,8H2,1-2H3,(H,19,21). The number of hydrogen-bond acceptors (Lipinski definition) is 3. The molecule has 6 heteroatoms. The van der Waals surface area contributed by atoms with E-state index in [4.69, 9.17) is 16.3 Å². The molecule has 2 rings (SSSR count). The molecule has 4 nitrogen and oxygen atoms in total. The first-order valence-corrected chi connectivity index (χ1v) is 7.72. The second-order valence-electron chi connectivity index (χ2n) is 4.89. The number of aryl methyl sites for hydroxylation is 2. The van der Waals surface area contributed by atoms with E-state index in [0.717, 1.165) is 15.6 Å². The Labute approximate surface area is 142 Å². The molecule has 0 saturated carbocycles. The van der Waals surface area contributed by atoms with Gasteiger partial charge < -0.3 is 15.2 Å². The highest BCUT2D eigenvalue weighted by molar-refractivity contribution is 9.10. The maximum atomic E-state index is 11.9. The fourth-order valence-electron chi connectivity index (χ4n) is 1.94. The van der Waals surface area contributed by atoms with Crippen LogP contribution in [-0.4, -0.2) is 17.6 Å². The fourth-order valence-corrected chi connectivity index (χ4v) is 2.97. The molecule has 0 aliphatic heterocycles. The molecule has 0 spiro atoms. The Kier molecular flexibility index (Phi) is 5.32. The smallest absolute Gasteiger partial charge is 0.262 e. The van der Waals surface area contributed by atoms with Gasteiger partial charge in [0.2, 0.25) is 0 Å². The zero-order valence-electron chi connectivity index (χ0n) is 12.1. The van der Waals surface area contributed by atoms with Crippen molar-refractivity contribution in [3.8, 4) is 11.5 Å². The van der Waals surface area contributed by atoms with Gasteiger partial charge in [-0.2, -0.15) is 0 Å². The summed E-state index contributed by atoms with van der Waals surface area (Å²) in [6.45, 7) is 3.50. The molecule has 22 heavy (non-hydrogen) atoms. The second kappa shape index (κ2) is 7.03. The summed E-state index contributed by atoms with van der Waals surface area (Å²) in [5.74, 6) is 0.108. The van der Waals surface area contributed by atoms with Gasteiger partial charge in [0.05, 0.1) is 10.7 Å². The normalized spacial score (nSPS) is 10.4. The van der Waals surface area contributed by atoms with E-state index in [-0.39, 0.29) is 18.3 Å². The van der Waals surface area contributed by atoms with E-state index in [1.165, 1.54) is 0 Å². The molecule has 0 unspecified atom stereocenters. The molecule has 0 aliphatic carbocycles. The van der Waals surface area contributed by atoms with Crippen LogP contribution in [0.15, 0.2) is 34.8 Å². The molecule has 116 valence electrons. The number of carbonyl (C=O) groups excluding carboxylic acids is 1. The second-order valence-corrected chi connectivity index (χ2v) is 6.21. The molecule has 2 aromatic rings. The number of anilines is 1. The van der Waals surface area contributed by atoms with E-state index in [1.807, 2.05) is 19.9 Å². The molecular weight excluding hydrogens is 370 g/mol. The van der Waals surface area contributed by atoms with Gasteiger partial charge in [0.15, 0.2) is 6.61 Å². The maximum absolute atomic E-state index is 11.9. The van der Waals surface area contributed by atoms with Crippen LogP contribution in [0.1, 0.15) is 11.1 Å². The molecule has 0 atom stereocenters. The quantitative estimate of drug-likeness (QED) is 0.766. The van der Waals surface area contributed by atoms with Gasteiger partial charge in [-0.1, -0.05) is 33.6 Å². The molecule has 2 N–H and O–H groups in total. The van der Waals surface area contributed by atoms with Crippen LogP contribution in [0.2, 0.25) is 5.02 Å². The Morgan fingerprint density at radius 3 is 2.68 bits per heavy atom. The summed E-state index contributed by atoms with van der Waals surface area (Å²) in [7, 11) is 0. The highest BCUT2D eigenvalue weighted by atomic mass is 79.9. The topological polar surface area (TPSA) is 58.6 Å². The summed E-state index contributed by atoms with van der Waals surface area (Å²) in [5.41, 5.74) is 2.08. The van der Waals surface area contributed by atoms with Crippen molar-refractivity contribution in [2.24, 2.45) is 0 Å². The number of phenols is 1. The van der Waals surface area contributed by atoms with Crippen LogP contribution in [0.3, 0.4) is 0 Å². The number of amides is 1. The Bertz CT molecular complexity index is 696. The molecule has 0 radical (unpaired) electrons. The van der Waals surface area contributed by atoms with Gasteiger partial charge in [0.1, 0.15) is 11.5 Å². The van der Waals surface area contributed by atoms with Crippen molar-refractivity contribution in [2.75, 3.05) is 11.9 Å². The lowest BCUT2D eigenvalue weighted by Gasteiger charge is -2.12. The third kappa shape index (κ3) is 4.15. The number of benzene rings is 2. The van der Waals surface area contributed by atoms with Gasteiger partial charge in [0, 0.05) is 4.47 Å². The predicted octanol–water partition coefficient (Wildman–Crippen LogP) is 4.44. The van der Waals surface area contributed by atoms with E-state index in [9.17, 15) is 9.90 Å². The van der Waals surface area contributed by atoms with Crippen molar-refractivity contribution >= 4 is 39.1 Å². The van der Waals surface area contributed by atoms with Crippen LogP contribution < -0.4 is 10.1 Å². The molecule has 0 fully saturated rings. The summed E-state index contributed by atoms with van der Waals surface area (Å²) in [6, 6.07) is 8.57. The average molecular weight is 385 g/mol. The third-order valence-electron chi connectivity index (χ3n) is 2.97. The van der Waals surface area contributed by atoms with E-state index in [0.29, 0.717) is 16.5 Å². The number of carbonyl (C=O) groups is 1. The van der Waals surface area contributed by atoms with Gasteiger partial charge in [-0.3, -0.25) is 4.79 Å². The van der Waals surface area contributed by atoms with Crippen LogP contribution >= 0.6 is 27.5 Å². The number of phenolic OH excluding ortho intramolecular Hbond substituents is 1. The van der Waals surface area contributed by atoms with E-state index < -0.39 is 0 Å². The summed E-state index contributed by atoms with van der Waals surface area (Å²) in [5, 5.41) is 12.8. The summed E-state index contributed by atoms with van der Waals surface area (Å²) in [6.07, 6.45) is 0. The Hall–Kier alpha value is -1.72. The largest absolute Gasteiger partial charge is 0.506 e. The first-order valence-electron chi connectivity index (χ1n) is 6.54. The zero-order valence-corrected chi connectivity index (χ0v) is 14.5. The summed E-state index contributed by atoms with van der Waals surface area (Å²) in [4.78, 5) is 11.9. The predicted molar refractivity (Wildman–Crippen MR) is 90.9 cm³/mol. The summed E-state index contributed by atoms with van der Waals surface area (Å²) < 4.78 is 6.32. The zero-order chi connectivity index (χ0) is 16.3. The Morgan fingerprint density at radius 2 is 2.05 bits per heavy atom. The van der Waals surface area contributed by atoms with Crippen LogP contribution in [0, 0.1) is 13.8 Å². The van der Waals surface area contributed by atoms with Crippen molar-refractivity contribution in [3.05, 3.63) is 51.0 Å². The van der Waals surface area contributed by atoms with Crippen LogP contribution in [0.25, 0.3) is 0 Å². The van der Waals surface area contributed by atoms with E-state index in [1.54, 1.807) is 24.3 Å². The molecule has 1 amide bonds. The molecule has 2 aromatic carbocycles. The number of hydrogen-bond donors (Lipinski definition) is 2. The van der Waals surface area contributed by atoms with Crippen LogP contribution in [-0.2, 0) is 4.79 Å². The maximum Gasteiger partial charge on any atom is 0.262 e. The third-order valence-corrected chi connectivity index (χ3v) is 3.71. The lowest BCUT2D eigenvalue weighted by Crippen LogP contribution is -2.20. The lowest BCUT2D eigenvalue weighted by molar-refractivity contribution is -0.118. The minimum atomic E-state index is -0.377. The molecule has 0 aliphatic rings. The molecule has 0 aromatic heterocycles. The minimum Gasteiger partial charge on any atom is -0.506 e. The first-order chi connectivity index (χ1) is 10.4. The SMILES string of the molecule is Cc1ccc(NC(=O)COc2c(C)cc(Br)cc2Cl)c(O)c1. The van der Waals surface area contributed by atoms with Gasteiger partial charge in [-0.15, -0.1) is 0 Å². The number of nitrogens with one attached hydrogen (secondary N) is 1. The van der Waals surface area contributed by atoms with Crippen molar-refractivity contribution in [1.29, 1.82) is 0 Å². The number of ether oxygens (including phenoxy) is 1. The van der Waals surface area contributed by atoms with Gasteiger partial charge in [-0.25, -0.2) is 0 Å². The first kappa shape index (κ1) is 16.6. The summed E-state index contributed by atoms with van der Waals surface area (Å²) >= 11 is 9.43.